The molecule has 1 aromatic carbocycles. The zero-order valence-corrected chi connectivity index (χ0v) is 9.86. The van der Waals surface area contributed by atoms with Gasteiger partial charge in [0.15, 0.2) is 0 Å². The van der Waals surface area contributed by atoms with E-state index in [4.69, 9.17) is 0 Å². The van der Waals surface area contributed by atoms with Crippen molar-refractivity contribution >= 4 is 11.5 Å². The third-order valence-corrected chi connectivity index (χ3v) is 4.44. The van der Waals surface area contributed by atoms with E-state index >= 15 is 0 Å². The summed E-state index contributed by atoms with van der Waals surface area (Å²) in [5.74, 6) is 0.417. The molecular formula is C14H17NO. The molecule has 0 amide bonds. The summed E-state index contributed by atoms with van der Waals surface area (Å²) in [5, 5.41) is 0. The van der Waals surface area contributed by atoms with Crippen molar-refractivity contribution in [2.75, 3.05) is 11.9 Å². The number of benzene rings is 1. The van der Waals surface area contributed by atoms with E-state index in [1.54, 1.807) is 0 Å². The maximum atomic E-state index is 12.3. The molecule has 1 aliphatic heterocycles. The molecule has 0 N–H and O–H groups in total. The third-order valence-electron chi connectivity index (χ3n) is 4.44. The van der Waals surface area contributed by atoms with Crippen LogP contribution in [-0.2, 0) is 10.2 Å². The summed E-state index contributed by atoms with van der Waals surface area (Å²) in [4.78, 5) is 14.6. The van der Waals surface area contributed by atoms with Crippen LogP contribution in [0.15, 0.2) is 24.3 Å². The number of anilines is 1. The summed E-state index contributed by atoms with van der Waals surface area (Å²) in [6.45, 7) is 2.13. The quantitative estimate of drug-likeness (QED) is 0.662. The minimum atomic E-state index is -0.260. The lowest BCUT2D eigenvalue weighted by Gasteiger charge is -2.37. The van der Waals surface area contributed by atoms with Crippen LogP contribution in [0, 0.1) is 0 Å². The van der Waals surface area contributed by atoms with E-state index in [1.807, 2.05) is 6.07 Å². The zero-order chi connectivity index (χ0) is 11.3. The molecule has 0 spiro atoms. The van der Waals surface area contributed by atoms with Crippen molar-refractivity contribution in [2.45, 2.75) is 37.6 Å². The van der Waals surface area contributed by atoms with Crippen LogP contribution in [0.2, 0.25) is 0 Å². The van der Waals surface area contributed by atoms with Crippen molar-refractivity contribution in [3.63, 3.8) is 0 Å². The van der Waals surface area contributed by atoms with Gasteiger partial charge >= 0.3 is 0 Å². The number of ketones is 1. The largest absolute Gasteiger partial charge is 0.370 e. The molecular weight excluding hydrogens is 198 g/mol. The highest BCUT2D eigenvalue weighted by atomic mass is 16.1. The maximum absolute atomic E-state index is 12.3. The summed E-state index contributed by atoms with van der Waals surface area (Å²) in [7, 11) is 2.12. The Kier molecular flexibility index (Phi) is 1.91. The van der Waals surface area contributed by atoms with Gasteiger partial charge in [0.1, 0.15) is 5.78 Å². The fraction of sp³-hybridized carbons (Fsp3) is 0.500. The average Bonchev–Trinajstić information content (AvgIpc) is 2.53. The molecule has 0 bridgehead atoms. The van der Waals surface area contributed by atoms with Crippen LogP contribution >= 0.6 is 0 Å². The molecule has 0 saturated heterocycles. The molecule has 1 saturated carbocycles. The highest BCUT2D eigenvalue weighted by Crippen LogP contribution is 2.49. The van der Waals surface area contributed by atoms with E-state index in [9.17, 15) is 4.79 Å². The number of carbonyl (C=O) groups is 1. The predicted octanol–water partition coefficient (Wildman–Crippen LogP) is 2.52. The molecule has 2 heteroatoms. The maximum Gasteiger partial charge on any atom is 0.145 e. The van der Waals surface area contributed by atoms with Gasteiger partial charge in [0.25, 0.3) is 0 Å². The minimum absolute atomic E-state index is 0.260. The Bertz CT molecular complexity index is 454. The Morgan fingerprint density at radius 2 is 2.12 bits per heavy atom. The van der Waals surface area contributed by atoms with Gasteiger partial charge in [-0.2, -0.15) is 0 Å². The van der Waals surface area contributed by atoms with Crippen LogP contribution in [0.3, 0.4) is 0 Å². The first-order valence-corrected chi connectivity index (χ1v) is 6.01. The van der Waals surface area contributed by atoms with Crippen LogP contribution in [0.1, 0.15) is 31.7 Å². The molecule has 1 aliphatic carbocycles. The molecule has 0 radical (unpaired) electrons. The van der Waals surface area contributed by atoms with Gasteiger partial charge in [-0.1, -0.05) is 18.2 Å². The lowest BCUT2D eigenvalue weighted by molar-refractivity contribution is -0.126. The molecule has 1 aromatic rings. The Balaban J connectivity index is 2.22. The van der Waals surface area contributed by atoms with Gasteiger partial charge in [0, 0.05) is 25.2 Å². The molecule has 2 nitrogen and oxygen atoms in total. The SMILES string of the molecule is CN1c2ccccc2[C@]2(C)C(=O)CCC[C@H]12. The van der Waals surface area contributed by atoms with Crippen molar-refractivity contribution in [1.82, 2.24) is 0 Å². The van der Waals surface area contributed by atoms with Crippen LogP contribution in [0.25, 0.3) is 0 Å². The number of Topliss-reactive ketones (excluding diaryl/α,β-unsaturated/α-hetero) is 1. The van der Waals surface area contributed by atoms with Gasteiger partial charge in [-0.05, 0) is 31.4 Å². The highest BCUT2D eigenvalue weighted by Gasteiger charge is 2.52. The molecule has 1 fully saturated rings. The first-order chi connectivity index (χ1) is 7.65. The number of fused-ring (bicyclic) bond motifs is 3. The number of carbonyl (C=O) groups excluding carboxylic acids is 1. The molecule has 2 aliphatic rings. The van der Waals surface area contributed by atoms with Crippen LogP contribution in [0.4, 0.5) is 5.69 Å². The fourth-order valence-corrected chi connectivity index (χ4v) is 3.49. The van der Waals surface area contributed by atoms with E-state index in [2.05, 4.69) is 37.1 Å². The molecule has 16 heavy (non-hydrogen) atoms. The van der Waals surface area contributed by atoms with Gasteiger partial charge in [-0.25, -0.2) is 0 Å². The molecule has 2 atom stereocenters. The number of nitrogens with zero attached hydrogens (tertiary/aromatic N) is 1. The van der Waals surface area contributed by atoms with Gasteiger partial charge in [-0.3, -0.25) is 4.79 Å². The van der Waals surface area contributed by atoms with Gasteiger partial charge < -0.3 is 4.90 Å². The summed E-state index contributed by atoms with van der Waals surface area (Å²) in [5.41, 5.74) is 2.21. The topological polar surface area (TPSA) is 20.3 Å². The molecule has 84 valence electrons. The van der Waals surface area contributed by atoms with Crippen molar-refractivity contribution in [1.29, 1.82) is 0 Å². The number of rotatable bonds is 0. The number of hydrogen-bond donors (Lipinski definition) is 0. The Hall–Kier alpha value is -1.31. The summed E-state index contributed by atoms with van der Waals surface area (Å²) >= 11 is 0. The highest BCUT2D eigenvalue weighted by molar-refractivity contribution is 5.95. The monoisotopic (exact) mass is 215 g/mol. The standard InChI is InChI=1S/C14H17NO/c1-14-10-6-3-4-7-11(10)15(2)12(14)8-5-9-13(14)16/h3-4,6-7,12H,5,8-9H2,1-2H3/t12-,14-/m0/s1. The smallest absolute Gasteiger partial charge is 0.145 e. The second-order valence-electron chi connectivity index (χ2n) is 5.16. The van der Waals surface area contributed by atoms with E-state index < -0.39 is 0 Å². The second-order valence-corrected chi connectivity index (χ2v) is 5.16. The fourth-order valence-electron chi connectivity index (χ4n) is 3.49. The lowest BCUT2D eigenvalue weighted by atomic mass is 9.68. The summed E-state index contributed by atoms with van der Waals surface area (Å²) in [6, 6.07) is 8.72. The van der Waals surface area contributed by atoms with Crippen LogP contribution in [-0.4, -0.2) is 18.9 Å². The summed E-state index contributed by atoms with van der Waals surface area (Å²) < 4.78 is 0. The second kappa shape index (κ2) is 3.09. The summed E-state index contributed by atoms with van der Waals surface area (Å²) in [6.07, 6.45) is 2.92. The minimum Gasteiger partial charge on any atom is -0.370 e. The van der Waals surface area contributed by atoms with Crippen LogP contribution < -0.4 is 4.90 Å². The lowest BCUT2D eigenvalue weighted by Crippen LogP contribution is -2.49. The molecule has 1 heterocycles. The molecule has 3 rings (SSSR count). The van der Waals surface area contributed by atoms with Crippen LogP contribution in [0.5, 0.6) is 0 Å². The van der Waals surface area contributed by atoms with Gasteiger partial charge in [0.2, 0.25) is 0 Å². The Morgan fingerprint density at radius 3 is 2.94 bits per heavy atom. The normalized spacial score (nSPS) is 32.5. The molecule has 0 aromatic heterocycles. The van der Waals surface area contributed by atoms with E-state index in [0.29, 0.717) is 11.8 Å². The first kappa shape index (κ1) is 9.88. The third kappa shape index (κ3) is 0.998. The van der Waals surface area contributed by atoms with E-state index in [1.165, 1.54) is 11.3 Å². The van der Waals surface area contributed by atoms with E-state index in [-0.39, 0.29) is 5.41 Å². The average molecular weight is 215 g/mol. The van der Waals surface area contributed by atoms with Crippen molar-refractivity contribution in [3.8, 4) is 0 Å². The Labute approximate surface area is 96.3 Å². The number of hydrogen-bond acceptors (Lipinski definition) is 2. The number of para-hydroxylation sites is 1. The van der Waals surface area contributed by atoms with E-state index in [0.717, 1.165) is 19.3 Å². The van der Waals surface area contributed by atoms with Crippen molar-refractivity contribution in [3.05, 3.63) is 29.8 Å². The molecule has 0 unspecified atom stereocenters. The van der Waals surface area contributed by atoms with Gasteiger partial charge in [-0.15, -0.1) is 0 Å². The van der Waals surface area contributed by atoms with Crippen molar-refractivity contribution < 1.29 is 4.79 Å². The predicted molar refractivity (Wildman–Crippen MR) is 64.8 cm³/mol. The Morgan fingerprint density at radius 1 is 1.38 bits per heavy atom. The first-order valence-electron chi connectivity index (χ1n) is 6.01. The van der Waals surface area contributed by atoms with Gasteiger partial charge in [0.05, 0.1) is 5.41 Å². The van der Waals surface area contributed by atoms with Crippen molar-refractivity contribution in [2.24, 2.45) is 0 Å². The number of likely N-dealkylation sites (N-methyl/N-ethyl adjacent to an activating group) is 1. The zero-order valence-electron chi connectivity index (χ0n) is 9.86.